The maximum absolute atomic E-state index is 5.36. The van der Waals surface area contributed by atoms with Gasteiger partial charge in [0, 0.05) is 30.9 Å². The second-order valence-electron chi connectivity index (χ2n) is 4.41. The highest BCUT2D eigenvalue weighted by Gasteiger charge is 2.20. The Kier molecular flexibility index (Phi) is 3.23. The van der Waals surface area contributed by atoms with Crippen molar-refractivity contribution in [2.45, 2.75) is 26.8 Å². The Bertz CT molecular complexity index is 334. The molecule has 0 aromatic carbocycles. The molecule has 15 heavy (non-hydrogen) atoms. The number of nitrogens with one attached hydrogen (secondary N) is 1. The molecule has 0 amide bonds. The van der Waals surface area contributed by atoms with Crippen molar-refractivity contribution in [2.75, 3.05) is 18.5 Å². The van der Waals surface area contributed by atoms with Gasteiger partial charge < -0.3 is 0 Å². The average molecular weight is 226 g/mol. The molecule has 1 aromatic heterocycles. The summed E-state index contributed by atoms with van der Waals surface area (Å²) in [5.41, 5.74) is 3.86. The lowest BCUT2D eigenvalue weighted by atomic mass is 10.1. The third-order valence-electron chi connectivity index (χ3n) is 2.56. The molecule has 0 aliphatic carbocycles. The molecule has 0 atom stereocenters. The molecular weight excluding hydrogens is 208 g/mol. The molecule has 4 nitrogen and oxygen atoms in total. The highest BCUT2D eigenvalue weighted by atomic mass is 32.1. The monoisotopic (exact) mass is 226 g/mol. The van der Waals surface area contributed by atoms with Crippen molar-refractivity contribution in [3.63, 3.8) is 0 Å². The van der Waals surface area contributed by atoms with E-state index in [2.05, 4.69) is 29.2 Å². The summed E-state index contributed by atoms with van der Waals surface area (Å²) in [7, 11) is 0. The van der Waals surface area contributed by atoms with Crippen molar-refractivity contribution in [3.8, 4) is 0 Å². The van der Waals surface area contributed by atoms with E-state index in [-0.39, 0.29) is 0 Å². The van der Waals surface area contributed by atoms with Crippen LogP contribution in [0.25, 0.3) is 0 Å². The van der Waals surface area contributed by atoms with Gasteiger partial charge in [0.05, 0.1) is 5.69 Å². The van der Waals surface area contributed by atoms with Crippen LogP contribution in [0, 0.1) is 5.92 Å². The van der Waals surface area contributed by atoms with Gasteiger partial charge in [-0.25, -0.2) is 10.8 Å². The minimum absolute atomic E-state index is 0.728. The van der Waals surface area contributed by atoms with Gasteiger partial charge in [0.25, 0.3) is 0 Å². The minimum Gasteiger partial charge on any atom is -0.300 e. The zero-order valence-electron chi connectivity index (χ0n) is 9.29. The fraction of sp³-hybridized carbons (Fsp3) is 0.700. The molecule has 0 spiro atoms. The second kappa shape index (κ2) is 4.47. The number of hydrazine groups is 1. The summed E-state index contributed by atoms with van der Waals surface area (Å²) in [4.78, 5) is 8.30. The highest BCUT2D eigenvalue weighted by molar-refractivity contribution is 7.15. The zero-order chi connectivity index (χ0) is 10.8. The smallest absolute Gasteiger partial charge is 0.197 e. The largest absolute Gasteiger partial charge is 0.300 e. The van der Waals surface area contributed by atoms with Crippen LogP contribution in [0.1, 0.15) is 24.4 Å². The quantitative estimate of drug-likeness (QED) is 0.605. The van der Waals surface area contributed by atoms with E-state index in [4.69, 9.17) is 5.84 Å². The second-order valence-corrected chi connectivity index (χ2v) is 5.50. The molecule has 3 N–H and O–H groups in total. The van der Waals surface area contributed by atoms with Gasteiger partial charge in [-0.2, -0.15) is 0 Å². The lowest BCUT2D eigenvalue weighted by Crippen LogP contribution is -2.32. The van der Waals surface area contributed by atoms with Crippen LogP contribution >= 0.6 is 11.3 Å². The van der Waals surface area contributed by atoms with E-state index in [0.29, 0.717) is 0 Å². The first-order chi connectivity index (χ1) is 7.19. The van der Waals surface area contributed by atoms with Gasteiger partial charge in [0.1, 0.15) is 0 Å². The first-order valence-corrected chi connectivity index (χ1v) is 6.18. The van der Waals surface area contributed by atoms with Crippen LogP contribution in [0.4, 0.5) is 5.13 Å². The molecule has 1 aliphatic rings. The van der Waals surface area contributed by atoms with Gasteiger partial charge in [-0.15, -0.1) is 0 Å². The highest BCUT2D eigenvalue weighted by Crippen LogP contribution is 2.27. The molecule has 0 bridgehead atoms. The summed E-state index contributed by atoms with van der Waals surface area (Å²) in [5.74, 6) is 6.09. The van der Waals surface area contributed by atoms with E-state index in [0.717, 1.165) is 30.6 Å². The number of hydrogen-bond acceptors (Lipinski definition) is 5. The van der Waals surface area contributed by atoms with Crippen molar-refractivity contribution in [1.29, 1.82) is 0 Å². The van der Waals surface area contributed by atoms with E-state index in [9.17, 15) is 0 Å². The molecule has 2 rings (SSSR count). The molecule has 84 valence electrons. The summed E-state index contributed by atoms with van der Waals surface area (Å²) in [6.07, 6.45) is 1.06. The summed E-state index contributed by atoms with van der Waals surface area (Å²) < 4.78 is 0. The number of anilines is 1. The Hall–Kier alpha value is -0.650. The fourth-order valence-corrected chi connectivity index (χ4v) is 2.94. The summed E-state index contributed by atoms with van der Waals surface area (Å²) >= 11 is 1.68. The minimum atomic E-state index is 0.728. The molecule has 0 fully saturated rings. The predicted molar refractivity (Wildman–Crippen MR) is 63.7 cm³/mol. The lowest BCUT2D eigenvalue weighted by molar-refractivity contribution is 0.228. The van der Waals surface area contributed by atoms with Crippen LogP contribution in [0.3, 0.4) is 0 Å². The Morgan fingerprint density at radius 2 is 2.40 bits per heavy atom. The number of rotatable bonds is 3. The van der Waals surface area contributed by atoms with E-state index >= 15 is 0 Å². The predicted octanol–water partition coefficient (Wildman–Crippen LogP) is 1.44. The van der Waals surface area contributed by atoms with Crippen LogP contribution in [-0.4, -0.2) is 23.0 Å². The van der Waals surface area contributed by atoms with E-state index in [1.54, 1.807) is 11.3 Å². The number of nitrogen functional groups attached to an aromatic ring is 1. The first-order valence-electron chi connectivity index (χ1n) is 5.36. The Morgan fingerprint density at radius 3 is 3.07 bits per heavy atom. The van der Waals surface area contributed by atoms with E-state index in [1.165, 1.54) is 17.1 Å². The SMILES string of the molecule is CC(C)CN1CCc2nc(NN)sc2C1. The van der Waals surface area contributed by atoms with Crippen LogP contribution in [0.2, 0.25) is 0 Å². The van der Waals surface area contributed by atoms with Gasteiger partial charge >= 0.3 is 0 Å². The van der Waals surface area contributed by atoms with E-state index in [1.807, 2.05) is 0 Å². The topological polar surface area (TPSA) is 54.2 Å². The summed E-state index contributed by atoms with van der Waals surface area (Å²) in [5, 5.41) is 0.839. The maximum atomic E-state index is 5.36. The average Bonchev–Trinajstić information content (AvgIpc) is 2.58. The molecule has 0 radical (unpaired) electrons. The Balaban J connectivity index is 2.05. The lowest BCUT2D eigenvalue weighted by Gasteiger charge is -2.27. The molecule has 0 unspecified atom stereocenters. The summed E-state index contributed by atoms with van der Waals surface area (Å²) in [6.45, 7) is 7.85. The molecule has 1 aromatic rings. The molecular formula is C10H18N4S. The van der Waals surface area contributed by atoms with Crippen molar-refractivity contribution in [3.05, 3.63) is 10.6 Å². The molecule has 0 saturated heterocycles. The molecule has 5 heteroatoms. The number of fused-ring (bicyclic) bond motifs is 1. The first kappa shape index (κ1) is 10.9. The van der Waals surface area contributed by atoms with E-state index < -0.39 is 0 Å². The Morgan fingerprint density at radius 1 is 1.60 bits per heavy atom. The van der Waals surface area contributed by atoms with Gasteiger partial charge in [-0.1, -0.05) is 25.2 Å². The third kappa shape index (κ3) is 2.48. The molecule has 2 heterocycles. The summed E-state index contributed by atoms with van der Waals surface area (Å²) in [6, 6.07) is 0. The van der Waals surface area contributed by atoms with Crippen molar-refractivity contribution in [2.24, 2.45) is 11.8 Å². The van der Waals surface area contributed by atoms with Crippen molar-refractivity contribution < 1.29 is 0 Å². The van der Waals surface area contributed by atoms with Crippen LogP contribution in [-0.2, 0) is 13.0 Å². The molecule has 1 aliphatic heterocycles. The van der Waals surface area contributed by atoms with Crippen LogP contribution in [0.15, 0.2) is 0 Å². The standard InChI is InChI=1S/C10H18N4S/c1-7(2)5-14-4-3-8-9(6-14)15-10(12-8)13-11/h7H,3-6,11H2,1-2H3,(H,12,13). The van der Waals surface area contributed by atoms with Gasteiger partial charge in [-0.3, -0.25) is 10.3 Å². The van der Waals surface area contributed by atoms with Gasteiger partial charge in [-0.05, 0) is 5.92 Å². The molecule has 0 saturated carbocycles. The van der Waals surface area contributed by atoms with Crippen LogP contribution in [0.5, 0.6) is 0 Å². The third-order valence-corrected chi connectivity index (χ3v) is 3.57. The van der Waals surface area contributed by atoms with Gasteiger partial charge in [0.15, 0.2) is 5.13 Å². The number of thiazole rings is 1. The van der Waals surface area contributed by atoms with Crippen molar-refractivity contribution >= 4 is 16.5 Å². The fourth-order valence-electron chi connectivity index (χ4n) is 1.98. The zero-order valence-corrected chi connectivity index (χ0v) is 10.1. The number of nitrogens with zero attached hydrogens (tertiary/aromatic N) is 2. The van der Waals surface area contributed by atoms with Gasteiger partial charge in [0.2, 0.25) is 0 Å². The normalized spacial score (nSPS) is 16.8. The number of nitrogens with two attached hydrogens (primary N) is 1. The van der Waals surface area contributed by atoms with Crippen molar-refractivity contribution in [1.82, 2.24) is 9.88 Å². The number of aromatic nitrogens is 1. The Labute approximate surface area is 94.5 Å². The number of hydrogen-bond donors (Lipinski definition) is 2. The van der Waals surface area contributed by atoms with Crippen LogP contribution < -0.4 is 11.3 Å². The maximum Gasteiger partial charge on any atom is 0.197 e.